The Kier molecular flexibility index (Phi) is 2.16. The Balaban J connectivity index is 1.99. The summed E-state index contributed by atoms with van der Waals surface area (Å²) >= 11 is 0. The third-order valence-electron chi connectivity index (χ3n) is 3.91. The molecule has 1 unspecified atom stereocenters. The van der Waals surface area contributed by atoms with Gasteiger partial charge >= 0.3 is 0 Å². The van der Waals surface area contributed by atoms with Gasteiger partial charge in [-0.3, -0.25) is 0 Å². The Labute approximate surface area is 105 Å². The van der Waals surface area contributed by atoms with Crippen molar-refractivity contribution in [2.24, 2.45) is 5.41 Å². The molecule has 2 N–H and O–H groups in total. The van der Waals surface area contributed by atoms with Crippen LogP contribution in [0.2, 0.25) is 0 Å². The second-order valence-electron chi connectivity index (χ2n) is 5.51. The van der Waals surface area contributed by atoms with Gasteiger partial charge in [-0.05, 0) is 11.8 Å². The molecule has 1 fully saturated rings. The summed E-state index contributed by atoms with van der Waals surface area (Å²) in [5.74, 6) is 0.254. The topological polar surface area (TPSA) is 78.8 Å². The summed E-state index contributed by atoms with van der Waals surface area (Å²) in [7, 11) is 3.60. The molecular weight excluding hydrogens is 230 g/mol. The molecule has 1 atom stereocenters. The van der Waals surface area contributed by atoms with E-state index in [9.17, 15) is 0 Å². The molecule has 18 heavy (non-hydrogen) atoms. The Morgan fingerprint density at radius 2 is 2.22 bits per heavy atom. The van der Waals surface area contributed by atoms with Gasteiger partial charge in [-0.15, -0.1) is 0 Å². The minimum Gasteiger partial charge on any atom is -0.370 e. The SMILES string of the molecule is [CH2]OC1(Cn2cnc3cnc(N)nc32)CC1(C)C. The van der Waals surface area contributed by atoms with E-state index in [1.54, 1.807) is 12.5 Å². The van der Waals surface area contributed by atoms with Crippen molar-refractivity contribution in [2.45, 2.75) is 32.4 Å². The van der Waals surface area contributed by atoms with Gasteiger partial charge < -0.3 is 15.0 Å². The van der Waals surface area contributed by atoms with Crippen LogP contribution < -0.4 is 5.73 Å². The highest BCUT2D eigenvalue weighted by Gasteiger charge is 2.62. The Morgan fingerprint density at radius 3 is 2.83 bits per heavy atom. The molecule has 0 saturated heterocycles. The molecule has 1 aliphatic carbocycles. The van der Waals surface area contributed by atoms with Crippen molar-refractivity contribution < 1.29 is 4.74 Å². The normalized spacial score (nSPS) is 25.5. The molecule has 0 aromatic carbocycles. The summed E-state index contributed by atoms with van der Waals surface area (Å²) in [5.41, 5.74) is 6.98. The monoisotopic (exact) mass is 246 g/mol. The Hall–Kier alpha value is -1.69. The summed E-state index contributed by atoms with van der Waals surface area (Å²) in [6, 6.07) is 0. The minimum absolute atomic E-state index is 0.129. The lowest BCUT2D eigenvalue weighted by atomic mass is 10.1. The molecule has 0 aliphatic heterocycles. The standard InChI is InChI=1S/C12H16N5O/c1-11(2)5-12(11,18-3)6-17-7-15-8-4-14-10(13)16-9(8)17/h4,7H,3,5-6H2,1-2H3,(H2,13,14,16). The second-order valence-corrected chi connectivity index (χ2v) is 5.51. The van der Waals surface area contributed by atoms with E-state index in [0.29, 0.717) is 6.54 Å². The highest BCUT2D eigenvalue weighted by Crippen LogP contribution is 2.59. The Bertz CT molecular complexity index is 606. The molecule has 0 amide bonds. The molecule has 3 rings (SSSR count). The lowest BCUT2D eigenvalue weighted by molar-refractivity contribution is 0.0637. The predicted octanol–water partition coefficient (Wildman–Crippen LogP) is 1.39. The first-order valence-electron chi connectivity index (χ1n) is 5.84. The van der Waals surface area contributed by atoms with Crippen molar-refractivity contribution in [3.63, 3.8) is 0 Å². The second kappa shape index (κ2) is 3.41. The predicted molar refractivity (Wildman–Crippen MR) is 67.3 cm³/mol. The molecule has 1 saturated carbocycles. The number of ether oxygens (including phenoxy) is 1. The maximum Gasteiger partial charge on any atom is 0.222 e. The molecule has 1 aliphatic rings. The maximum atomic E-state index is 5.61. The number of anilines is 1. The van der Waals surface area contributed by atoms with E-state index in [-0.39, 0.29) is 17.0 Å². The number of nitrogens with zero attached hydrogens (tertiary/aromatic N) is 4. The molecule has 2 aromatic heterocycles. The number of aromatic nitrogens is 4. The Morgan fingerprint density at radius 1 is 1.50 bits per heavy atom. The number of fused-ring (bicyclic) bond motifs is 1. The van der Waals surface area contributed by atoms with Crippen molar-refractivity contribution in [1.29, 1.82) is 0 Å². The van der Waals surface area contributed by atoms with E-state index in [2.05, 4.69) is 35.9 Å². The van der Waals surface area contributed by atoms with E-state index in [4.69, 9.17) is 10.5 Å². The number of nitrogen functional groups attached to an aromatic ring is 1. The van der Waals surface area contributed by atoms with Crippen LogP contribution in [0.15, 0.2) is 12.5 Å². The van der Waals surface area contributed by atoms with Gasteiger partial charge in [0.05, 0.1) is 31.8 Å². The number of nitrogens with two attached hydrogens (primary N) is 1. The van der Waals surface area contributed by atoms with Gasteiger partial charge in [0.1, 0.15) is 5.52 Å². The zero-order valence-corrected chi connectivity index (χ0v) is 10.6. The lowest BCUT2D eigenvalue weighted by Gasteiger charge is -2.19. The van der Waals surface area contributed by atoms with E-state index in [1.807, 2.05) is 4.57 Å². The van der Waals surface area contributed by atoms with Crippen molar-refractivity contribution in [2.75, 3.05) is 5.73 Å². The van der Waals surface area contributed by atoms with E-state index >= 15 is 0 Å². The van der Waals surface area contributed by atoms with Crippen LogP contribution in [-0.2, 0) is 11.3 Å². The quantitative estimate of drug-likeness (QED) is 0.885. The molecule has 0 bridgehead atoms. The summed E-state index contributed by atoms with van der Waals surface area (Å²) in [6.07, 6.45) is 4.35. The smallest absolute Gasteiger partial charge is 0.222 e. The zero-order valence-electron chi connectivity index (χ0n) is 10.6. The highest BCUT2D eigenvalue weighted by molar-refractivity contribution is 5.70. The summed E-state index contributed by atoms with van der Waals surface area (Å²) in [5, 5.41) is 0. The van der Waals surface area contributed by atoms with Crippen molar-refractivity contribution in [3.05, 3.63) is 19.6 Å². The van der Waals surface area contributed by atoms with Gasteiger partial charge in [0.15, 0.2) is 5.65 Å². The van der Waals surface area contributed by atoms with Gasteiger partial charge in [0.25, 0.3) is 0 Å². The molecular formula is C12H16N5O. The zero-order chi connectivity index (χ0) is 13.0. The lowest BCUT2D eigenvalue weighted by Crippen LogP contribution is -2.25. The van der Waals surface area contributed by atoms with E-state index in [0.717, 1.165) is 17.6 Å². The molecule has 2 aromatic rings. The third kappa shape index (κ3) is 1.49. The van der Waals surface area contributed by atoms with Gasteiger partial charge in [0, 0.05) is 0 Å². The number of rotatable bonds is 3. The molecule has 6 nitrogen and oxygen atoms in total. The van der Waals surface area contributed by atoms with Crippen LogP contribution in [0, 0.1) is 12.5 Å². The fourth-order valence-corrected chi connectivity index (χ4v) is 2.49. The summed E-state index contributed by atoms with van der Waals surface area (Å²) in [4.78, 5) is 12.4. The average molecular weight is 246 g/mol. The van der Waals surface area contributed by atoms with Gasteiger partial charge in [-0.1, -0.05) is 13.8 Å². The van der Waals surface area contributed by atoms with Crippen molar-refractivity contribution in [3.8, 4) is 0 Å². The van der Waals surface area contributed by atoms with Crippen molar-refractivity contribution in [1.82, 2.24) is 19.5 Å². The first-order valence-corrected chi connectivity index (χ1v) is 5.84. The number of imidazole rings is 1. The first-order chi connectivity index (χ1) is 8.47. The summed E-state index contributed by atoms with van der Waals surface area (Å²) < 4.78 is 7.39. The van der Waals surface area contributed by atoms with Gasteiger partial charge in [-0.25, -0.2) is 9.97 Å². The van der Waals surface area contributed by atoms with Crippen LogP contribution in [0.3, 0.4) is 0 Å². The summed E-state index contributed by atoms with van der Waals surface area (Å²) in [6.45, 7) is 5.01. The van der Waals surface area contributed by atoms with Crippen LogP contribution in [0.5, 0.6) is 0 Å². The molecule has 1 radical (unpaired) electrons. The average Bonchev–Trinajstić information content (AvgIpc) is 2.66. The van der Waals surface area contributed by atoms with Crippen LogP contribution in [0.4, 0.5) is 5.95 Å². The van der Waals surface area contributed by atoms with E-state index in [1.165, 1.54) is 0 Å². The third-order valence-corrected chi connectivity index (χ3v) is 3.91. The van der Waals surface area contributed by atoms with Gasteiger partial charge in [-0.2, -0.15) is 4.98 Å². The van der Waals surface area contributed by atoms with Crippen LogP contribution in [0.25, 0.3) is 11.2 Å². The number of hydrogen-bond acceptors (Lipinski definition) is 5. The van der Waals surface area contributed by atoms with Crippen LogP contribution in [0.1, 0.15) is 20.3 Å². The van der Waals surface area contributed by atoms with E-state index < -0.39 is 0 Å². The highest BCUT2D eigenvalue weighted by atomic mass is 16.5. The first kappa shape index (κ1) is 11.4. The van der Waals surface area contributed by atoms with Crippen LogP contribution in [-0.4, -0.2) is 25.1 Å². The number of hydrogen-bond donors (Lipinski definition) is 1. The van der Waals surface area contributed by atoms with Gasteiger partial charge in [0.2, 0.25) is 5.95 Å². The maximum absolute atomic E-state index is 5.61. The fraction of sp³-hybridized carbons (Fsp3) is 0.500. The van der Waals surface area contributed by atoms with Crippen LogP contribution >= 0.6 is 0 Å². The minimum atomic E-state index is -0.236. The molecule has 95 valence electrons. The molecule has 2 heterocycles. The van der Waals surface area contributed by atoms with Crippen molar-refractivity contribution >= 4 is 17.1 Å². The fourth-order valence-electron chi connectivity index (χ4n) is 2.49. The molecule has 0 spiro atoms. The largest absolute Gasteiger partial charge is 0.370 e. The molecule has 6 heteroatoms.